The maximum absolute atomic E-state index is 10.4. The second-order valence-electron chi connectivity index (χ2n) is 6.32. The third-order valence-corrected chi connectivity index (χ3v) is 4.19. The average molecular weight is 420 g/mol. The van der Waals surface area contributed by atoms with E-state index >= 15 is 0 Å². The van der Waals surface area contributed by atoms with Crippen molar-refractivity contribution in [3.05, 3.63) is 77.9 Å². The SMILES string of the molecule is COc1cc(N=Nc2ccccc2)cc(/C=N\NC(=S)Nc2cccc(C)c2)c1O. The highest BCUT2D eigenvalue weighted by Crippen LogP contribution is 2.34. The Morgan fingerprint density at radius 2 is 1.77 bits per heavy atom. The Morgan fingerprint density at radius 1 is 1.00 bits per heavy atom. The van der Waals surface area contributed by atoms with Crippen LogP contribution in [0.2, 0.25) is 0 Å². The van der Waals surface area contributed by atoms with E-state index in [1.54, 1.807) is 12.1 Å². The van der Waals surface area contributed by atoms with E-state index < -0.39 is 0 Å². The second kappa shape index (κ2) is 10.1. The van der Waals surface area contributed by atoms with Crippen molar-refractivity contribution < 1.29 is 9.84 Å². The standard InChI is InChI=1S/C22H21N5O2S/c1-15-7-6-10-18(11-15)24-22(30)27-23-14-16-12-19(13-20(29-2)21(16)28)26-25-17-8-4-3-5-9-17/h3-14,28H,1-2H3,(H2,24,27,30)/b23-14-,26-25?. The lowest BCUT2D eigenvalue weighted by atomic mass is 10.2. The maximum Gasteiger partial charge on any atom is 0.191 e. The summed E-state index contributed by atoms with van der Waals surface area (Å²) in [5.74, 6) is 0.209. The summed E-state index contributed by atoms with van der Waals surface area (Å²) in [6, 6.07) is 20.4. The number of hydrazone groups is 1. The van der Waals surface area contributed by atoms with E-state index in [0.717, 1.165) is 11.3 Å². The van der Waals surface area contributed by atoms with Crippen LogP contribution in [0.15, 0.2) is 82.1 Å². The molecule has 3 N–H and O–H groups in total. The molecule has 0 amide bonds. The largest absolute Gasteiger partial charge is 0.504 e. The number of phenols is 1. The predicted molar refractivity (Wildman–Crippen MR) is 123 cm³/mol. The number of anilines is 1. The van der Waals surface area contributed by atoms with Crippen LogP contribution < -0.4 is 15.5 Å². The molecule has 3 aromatic carbocycles. The second-order valence-corrected chi connectivity index (χ2v) is 6.72. The fourth-order valence-electron chi connectivity index (χ4n) is 2.58. The van der Waals surface area contributed by atoms with Gasteiger partial charge in [-0.15, -0.1) is 0 Å². The van der Waals surface area contributed by atoms with Gasteiger partial charge in [0.2, 0.25) is 0 Å². The number of rotatable bonds is 6. The van der Waals surface area contributed by atoms with E-state index in [0.29, 0.717) is 22.1 Å². The Balaban J connectivity index is 1.72. The zero-order valence-electron chi connectivity index (χ0n) is 16.5. The summed E-state index contributed by atoms with van der Waals surface area (Å²) in [4.78, 5) is 0. The van der Waals surface area contributed by atoms with Gasteiger partial charge in [0.25, 0.3) is 0 Å². The van der Waals surface area contributed by atoms with Gasteiger partial charge in [-0.1, -0.05) is 30.3 Å². The molecule has 0 aliphatic carbocycles. The van der Waals surface area contributed by atoms with E-state index in [1.807, 2.05) is 61.5 Å². The molecule has 0 aliphatic heterocycles. The lowest BCUT2D eigenvalue weighted by Crippen LogP contribution is -2.23. The van der Waals surface area contributed by atoms with Crippen LogP contribution in [0.25, 0.3) is 0 Å². The van der Waals surface area contributed by atoms with Crippen molar-refractivity contribution in [2.75, 3.05) is 12.4 Å². The van der Waals surface area contributed by atoms with Gasteiger partial charge >= 0.3 is 0 Å². The number of aromatic hydroxyl groups is 1. The normalized spacial score (nSPS) is 11.0. The first-order chi connectivity index (χ1) is 14.5. The third-order valence-electron chi connectivity index (χ3n) is 3.99. The van der Waals surface area contributed by atoms with Gasteiger partial charge in [-0.3, -0.25) is 5.43 Å². The molecule has 0 saturated carbocycles. The molecule has 0 atom stereocenters. The lowest BCUT2D eigenvalue weighted by molar-refractivity contribution is 0.373. The van der Waals surface area contributed by atoms with Crippen LogP contribution in [0.5, 0.6) is 11.5 Å². The molecular weight excluding hydrogens is 398 g/mol. The Hall–Kier alpha value is -3.78. The Bertz CT molecular complexity index is 1080. The summed E-state index contributed by atoms with van der Waals surface area (Å²) in [7, 11) is 1.47. The minimum atomic E-state index is -0.0562. The van der Waals surface area contributed by atoms with Crippen molar-refractivity contribution in [2.45, 2.75) is 6.92 Å². The highest BCUT2D eigenvalue weighted by atomic mass is 32.1. The average Bonchev–Trinajstić information content (AvgIpc) is 2.74. The Kier molecular flexibility index (Phi) is 7.07. The van der Waals surface area contributed by atoms with Crippen LogP contribution in [-0.4, -0.2) is 23.5 Å². The molecule has 0 radical (unpaired) electrons. The van der Waals surface area contributed by atoms with Crippen LogP contribution in [0.3, 0.4) is 0 Å². The predicted octanol–water partition coefficient (Wildman–Crippen LogP) is 5.45. The molecule has 0 fully saturated rings. The topological polar surface area (TPSA) is 90.6 Å². The van der Waals surface area contributed by atoms with Gasteiger partial charge in [-0.05, 0) is 55.0 Å². The van der Waals surface area contributed by atoms with E-state index in [2.05, 4.69) is 26.1 Å². The van der Waals surface area contributed by atoms with Crippen LogP contribution in [0.1, 0.15) is 11.1 Å². The number of phenolic OH excluding ortho intramolecular Hbond substituents is 1. The van der Waals surface area contributed by atoms with Crippen molar-refractivity contribution in [1.82, 2.24) is 5.43 Å². The molecule has 7 nitrogen and oxygen atoms in total. The fourth-order valence-corrected chi connectivity index (χ4v) is 2.75. The molecule has 3 rings (SSSR count). The number of methoxy groups -OCH3 is 1. The van der Waals surface area contributed by atoms with E-state index in [-0.39, 0.29) is 11.5 Å². The molecule has 0 bridgehead atoms. The number of hydrogen-bond acceptors (Lipinski definition) is 6. The zero-order valence-corrected chi connectivity index (χ0v) is 17.4. The number of aryl methyl sites for hydroxylation is 1. The van der Waals surface area contributed by atoms with Gasteiger partial charge in [0, 0.05) is 17.3 Å². The van der Waals surface area contributed by atoms with Gasteiger partial charge in [0.1, 0.15) is 0 Å². The van der Waals surface area contributed by atoms with E-state index in [4.69, 9.17) is 17.0 Å². The fraction of sp³-hybridized carbons (Fsp3) is 0.0909. The van der Waals surface area contributed by atoms with Crippen LogP contribution in [0.4, 0.5) is 17.1 Å². The van der Waals surface area contributed by atoms with Crippen LogP contribution >= 0.6 is 12.2 Å². The molecule has 0 heterocycles. The number of thiocarbonyl (C=S) groups is 1. The summed E-state index contributed by atoms with van der Waals surface area (Å²) >= 11 is 5.24. The molecular formula is C22H21N5O2S. The van der Waals surface area contributed by atoms with Crippen LogP contribution in [-0.2, 0) is 0 Å². The number of hydrogen-bond donors (Lipinski definition) is 3. The molecule has 0 aliphatic rings. The maximum atomic E-state index is 10.4. The first-order valence-electron chi connectivity index (χ1n) is 9.09. The van der Waals surface area contributed by atoms with Gasteiger partial charge in [0.15, 0.2) is 16.6 Å². The van der Waals surface area contributed by atoms with Crippen molar-refractivity contribution in [2.24, 2.45) is 15.3 Å². The highest BCUT2D eigenvalue weighted by molar-refractivity contribution is 7.80. The number of nitrogens with zero attached hydrogens (tertiary/aromatic N) is 3. The minimum Gasteiger partial charge on any atom is -0.504 e. The van der Waals surface area contributed by atoms with Crippen LogP contribution in [0, 0.1) is 6.92 Å². The zero-order chi connectivity index (χ0) is 21.3. The molecule has 3 aromatic rings. The number of benzene rings is 3. The van der Waals surface area contributed by atoms with Crippen molar-refractivity contribution in [3.63, 3.8) is 0 Å². The van der Waals surface area contributed by atoms with E-state index in [9.17, 15) is 5.11 Å². The molecule has 0 unspecified atom stereocenters. The molecule has 30 heavy (non-hydrogen) atoms. The number of ether oxygens (including phenoxy) is 1. The molecule has 152 valence electrons. The first kappa shape index (κ1) is 20.9. The van der Waals surface area contributed by atoms with E-state index in [1.165, 1.54) is 13.3 Å². The Labute approximate surface area is 180 Å². The first-order valence-corrected chi connectivity index (χ1v) is 9.50. The molecule has 0 aromatic heterocycles. The van der Waals surface area contributed by atoms with Crippen molar-refractivity contribution in [1.29, 1.82) is 0 Å². The van der Waals surface area contributed by atoms with Gasteiger partial charge in [0.05, 0.1) is 24.7 Å². The Morgan fingerprint density at radius 3 is 2.50 bits per heavy atom. The summed E-state index contributed by atoms with van der Waals surface area (Å²) in [6.07, 6.45) is 1.43. The third kappa shape index (κ3) is 5.86. The molecule has 0 spiro atoms. The van der Waals surface area contributed by atoms with Gasteiger partial charge in [-0.25, -0.2) is 0 Å². The minimum absolute atomic E-state index is 0.0562. The summed E-state index contributed by atoms with van der Waals surface area (Å²) in [5, 5.41) is 26.2. The smallest absolute Gasteiger partial charge is 0.191 e. The highest BCUT2D eigenvalue weighted by Gasteiger charge is 2.09. The van der Waals surface area contributed by atoms with Gasteiger partial charge < -0.3 is 15.2 Å². The number of nitrogens with one attached hydrogen (secondary N) is 2. The summed E-state index contributed by atoms with van der Waals surface area (Å²) in [6.45, 7) is 2.00. The van der Waals surface area contributed by atoms with Gasteiger partial charge in [-0.2, -0.15) is 15.3 Å². The number of azo groups is 1. The molecule has 8 heteroatoms. The van der Waals surface area contributed by atoms with Crippen molar-refractivity contribution in [3.8, 4) is 11.5 Å². The van der Waals surface area contributed by atoms with Crippen molar-refractivity contribution >= 4 is 40.6 Å². The lowest BCUT2D eigenvalue weighted by Gasteiger charge is -2.09. The quantitative estimate of drug-likeness (QED) is 0.214. The summed E-state index contributed by atoms with van der Waals surface area (Å²) in [5.41, 5.74) is 6.33. The monoisotopic (exact) mass is 419 g/mol. The summed E-state index contributed by atoms with van der Waals surface area (Å²) < 4.78 is 5.22. The molecule has 0 saturated heterocycles.